The number of aromatic nitrogens is 2. The van der Waals surface area contributed by atoms with Crippen LogP contribution in [0.25, 0.3) is 0 Å². The van der Waals surface area contributed by atoms with Gasteiger partial charge >= 0.3 is 0 Å². The van der Waals surface area contributed by atoms with Crippen LogP contribution < -0.4 is 10.2 Å². The quantitative estimate of drug-likeness (QED) is 0.377. The molecule has 1 fully saturated rings. The fourth-order valence-corrected chi connectivity index (χ4v) is 3.07. The zero-order valence-electron chi connectivity index (χ0n) is 16.5. The van der Waals surface area contributed by atoms with E-state index in [-0.39, 0.29) is 24.0 Å². The summed E-state index contributed by atoms with van der Waals surface area (Å²) in [7, 11) is 1.71. The summed E-state index contributed by atoms with van der Waals surface area (Å²) in [6.45, 7) is 7.84. The molecule has 0 radical (unpaired) electrons. The van der Waals surface area contributed by atoms with E-state index in [1.807, 2.05) is 6.07 Å². The molecule has 8 heteroatoms. The number of rotatable bonds is 6. The van der Waals surface area contributed by atoms with Crippen LogP contribution in [0, 0.1) is 0 Å². The first-order chi connectivity index (χ1) is 13.3. The molecule has 1 saturated heterocycles. The van der Waals surface area contributed by atoms with Crippen molar-refractivity contribution < 1.29 is 4.74 Å². The second kappa shape index (κ2) is 11.8. The third kappa shape index (κ3) is 6.30. The van der Waals surface area contributed by atoms with Gasteiger partial charge in [0.05, 0.1) is 13.2 Å². The number of hydrogen-bond donors (Lipinski definition) is 1. The first-order valence-electron chi connectivity index (χ1n) is 9.42. The van der Waals surface area contributed by atoms with E-state index in [1.54, 1.807) is 19.5 Å². The summed E-state index contributed by atoms with van der Waals surface area (Å²) < 4.78 is 5.16. The van der Waals surface area contributed by atoms with Crippen LogP contribution in [-0.4, -0.2) is 60.7 Å². The number of methoxy groups -OCH3 is 1. The Balaban J connectivity index is 0.00000280. The van der Waals surface area contributed by atoms with Crippen LogP contribution in [-0.2, 0) is 17.9 Å². The number of hydrogen-bond acceptors (Lipinski definition) is 5. The Morgan fingerprint density at radius 1 is 1.07 bits per heavy atom. The second-order valence-corrected chi connectivity index (χ2v) is 6.44. The van der Waals surface area contributed by atoms with Gasteiger partial charge in [-0.1, -0.05) is 24.3 Å². The topological polar surface area (TPSA) is 65.9 Å². The standard InChI is InChI=1S/C20H28N6O.HI/c1-3-21-19(24-15-17-5-7-18(8-6-17)16-27-2)25-11-13-26(14-12-25)20-22-9-4-10-23-20;/h4-10H,3,11-16H2,1-2H3,(H,21,24);1H. The van der Waals surface area contributed by atoms with Gasteiger partial charge in [-0.3, -0.25) is 0 Å². The van der Waals surface area contributed by atoms with Gasteiger partial charge in [0.15, 0.2) is 5.96 Å². The lowest BCUT2D eigenvalue weighted by Gasteiger charge is -2.36. The van der Waals surface area contributed by atoms with Gasteiger partial charge in [0.2, 0.25) is 5.95 Å². The zero-order valence-corrected chi connectivity index (χ0v) is 18.9. The Labute approximate surface area is 184 Å². The minimum atomic E-state index is 0. The Bertz CT molecular complexity index is 717. The number of piperazine rings is 1. The van der Waals surface area contributed by atoms with Crippen molar-refractivity contribution in [1.82, 2.24) is 20.2 Å². The number of benzene rings is 1. The Morgan fingerprint density at radius 2 is 1.71 bits per heavy atom. The van der Waals surface area contributed by atoms with Gasteiger partial charge in [0, 0.05) is 52.2 Å². The smallest absolute Gasteiger partial charge is 0.225 e. The van der Waals surface area contributed by atoms with Gasteiger partial charge in [0.25, 0.3) is 0 Å². The molecule has 2 aromatic rings. The molecule has 7 nitrogen and oxygen atoms in total. The normalized spacial score (nSPS) is 14.6. The minimum Gasteiger partial charge on any atom is -0.380 e. The number of ether oxygens (including phenoxy) is 1. The molecule has 3 rings (SSSR count). The van der Waals surface area contributed by atoms with Gasteiger partial charge in [0.1, 0.15) is 0 Å². The summed E-state index contributed by atoms with van der Waals surface area (Å²) >= 11 is 0. The predicted molar refractivity (Wildman–Crippen MR) is 123 cm³/mol. The highest BCUT2D eigenvalue weighted by atomic mass is 127. The van der Waals surface area contributed by atoms with Crippen LogP contribution in [0.3, 0.4) is 0 Å². The largest absolute Gasteiger partial charge is 0.380 e. The summed E-state index contributed by atoms with van der Waals surface area (Å²) in [5, 5.41) is 3.42. The molecular weight excluding hydrogens is 467 g/mol. The molecule has 1 aliphatic heterocycles. The van der Waals surface area contributed by atoms with Gasteiger partial charge in [-0.2, -0.15) is 0 Å². The van der Waals surface area contributed by atoms with Crippen LogP contribution in [0.4, 0.5) is 5.95 Å². The Hall–Kier alpha value is -1.94. The van der Waals surface area contributed by atoms with Crippen molar-refractivity contribution in [2.45, 2.75) is 20.1 Å². The summed E-state index contributed by atoms with van der Waals surface area (Å²) in [5.41, 5.74) is 2.37. The maximum absolute atomic E-state index is 5.16. The summed E-state index contributed by atoms with van der Waals surface area (Å²) in [6.07, 6.45) is 3.58. The maximum Gasteiger partial charge on any atom is 0.225 e. The van der Waals surface area contributed by atoms with Crippen molar-refractivity contribution >= 4 is 35.9 Å². The molecule has 0 bridgehead atoms. The van der Waals surface area contributed by atoms with E-state index in [2.05, 4.69) is 56.3 Å². The molecule has 0 saturated carbocycles. The van der Waals surface area contributed by atoms with Crippen LogP contribution >= 0.6 is 24.0 Å². The van der Waals surface area contributed by atoms with E-state index >= 15 is 0 Å². The minimum absolute atomic E-state index is 0. The van der Waals surface area contributed by atoms with Crippen molar-refractivity contribution in [3.05, 3.63) is 53.9 Å². The molecule has 0 amide bonds. The van der Waals surface area contributed by atoms with Crippen LogP contribution in [0.2, 0.25) is 0 Å². The number of nitrogens with one attached hydrogen (secondary N) is 1. The second-order valence-electron chi connectivity index (χ2n) is 6.44. The van der Waals surface area contributed by atoms with Crippen LogP contribution in [0.5, 0.6) is 0 Å². The Kier molecular flexibility index (Phi) is 9.42. The van der Waals surface area contributed by atoms with E-state index in [4.69, 9.17) is 9.73 Å². The molecule has 1 aliphatic rings. The molecule has 2 heterocycles. The summed E-state index contributed by atoms with van der Waals surface area (Å²) in [5.74, 6) is 1.77. The number of anilines is 1. The highest BCUT2D eigenvalue weighted by Gasteiger charge is 2.20. The number of guanidine groups is 1. The molecule has 1 aromatic carbocycles. The van der Waals surface area contributed by atoms with Crippen molar-refractivity contribution in [2.24, 2.45) is 4.99 Å². The highest BCUT2D eigenvalue weighted by Crippen LogP contribution is 2.11. The summed E-state index contributed by atoms with van der Waals surface area (Å²) in [6, 6.07) is 10.3. The van der Waals surface area contributed by atoms with E-state index in [0.29, 0.717) is 13.2 Å². The van der Waals surface area contributed by atoms with Crippen molar-refractivity contribution in [1.29, 1.82) is 0 Å². The average molecular weight is 496 g/mol. The third-order valence-electron chi connectivity index (χ3n) is 4.49. The fourth-order valence-electron chi connectivity index (χ4n) is 3.07. The first kappa shape index (κ1) is 22.4. The molecule has 1 aromatic heterocycles. The third-order valence-corrected chi connectivity index (χ3v) is 4.49. The van der Waals surface area contributed by atoms with Crippen LogP contribution in [0.1, 0.15) is 18.1 Å². The van der Waals surface area contributed by atoms with E-state index in [0.717, 1.165) is 44.6 Å². The van der Waals surface area contributed by atoms with Crippen molar-refractivity contribution in [3.63, 3.8) is 0 Å². The zero-order chi connectivity index (χ0) is 18.9. The van der Waals surface area contributed by atoms with Crippen molar-refractivity contribution in [3.8, 4) is 0 Å². The number of nitrogens with zero attached hydrogens (tertiary/aromatic N) is 5. The van der Waals surface area contributed by atoms with Gasteiger partial charge < -0.3 is 19.9 Å². The van der Waals surface area contributed by atoms with E-state index in [9.17, 15) is 0 Å². The predicted octanol–water partition coefficient (Wildman–Crippen LogP) is 2.53. The molecular formula is C20H29IN6O. The first-order valence-corrected chi connectivity index (χ1v) is 9.42. The lowest BCUT2D eigenvalue weighted by molar-refractivity contribution is 0.185. The molecule has 0 spiro atoms. The van der Waals surface area contributed by atoms with Gasteiger partial charge in [-0.05, 0) is 24.1 Å². The van der Waals surface area contributed by atoms with Gasteiger partial charge in [-0.25, -0.2) is 15.0 Å². The molecule has 1 N–H and O–H groups in total. The van der Waals surface area contributed by atoms with Gasteiger partial charge in [-0.15, -0.1) is 24.0 Å². The SMILES string of the molecule is CCNC(=NCc1ccc(COC)cc1)N1CCN(c2ncccn2)CC1.I. The lowest BCUT2D eigenvalue weighted by Crippen LogP contribution is -2.52. The van der Waals surface area contributed by atoms with E-state index < -0.39 is 0 Å². The monoisotopic (exact) mass is 496 g/mol. The van der Waals surface area contributed by atoms with E-state index in [1.165, 1.54) is 11.1 Å². The summed E-state index contributed by atoms with van der Waals surface area (Å²) in [4.78, 5) is 18.0. The fraction of sp³-hybridized carbons (Fsp3) is 0.450. The van der Waals surface area contributed by atoms with Crippen molar-refractivity contribution in [2.75, 3.05) is 44.7 Å². The average Bonchev–Trinajstić information content (AvgIpc) is 2.73. The highest BCUT2D eigenvalue weighted by molar-refractivity contribution is 14.0. The number of aliphatic imine (C=N–C) groups is 1. The molecule has 0 aliphatic carbocycles. The lowest BCUT2D eigenvalue weighted by atomic mass is 10.1. The van der Waals surface area contributed by atoms with Crippen LogP contribution in [0.15, 0.2) is 47.7 Å². The number of halogens is 1. The molecule has 0 atom stereocenters. The maximum atomic E-state index is 5.16. The molecule has 152 valence electrons. The molecule has 0 unspecified atom stereocenters. The Morgan fingerprint density at radius 3 is 2.32 bits per heavy atom. The molecule has 28 heavy (non-hydrogen) atoms.